The molecule has 0 bridgehead atoms. The number of halogens is 6. The van der Waals surface area contributed by atoms with Gasteiger partial charge >= 0.3 is 18.2 Å². The lowest BCUT2D eigenvalue weighted by Gasteiger charge is -2.11. The summed E-state index contributed by atoms with van der Waals surface area (Å²) >= 11 is 6.13. The standard InChI is InChI=1S/C19H17ClF2N4O4.C2HF3O2/c1-10-16(18(27)23-5-6-24-19(28)29)26-8-11(20)7-15(17(26)25-10)30-9-12-13(21)3-2-4-14(12)22;3-2(4,5)1(6)7/h2-4,7-8,24H,5-6,9H2,1H3,(H,23,27)(H,28,29);(H,6,7). The van der Waals surface area contributed by atoms with Crippen molar-refractivity contribution in [3.8, 4) is 5.75 Å². The molecular weight excluding hydrogens is 535 g/mol. The summed E-state index contributed by atoms with van der Waals surface area (Å²) in [4.78, 5) is 36.2. The number of aliphatic carboxylic acids is 1. The van der Waals surface area contributed by atoms with Gasteiger partial charge in [0.2, 0.25) is 0 Å². The molecule has 37 heavy (non-hydrogen) atoms. The van der Waals surface area contributed by atoms with E-state index in [1.807, 2.05) is 0 Å². The highest BCUT2D eigenvalue weighted by molar-refractivity contribution is 6.30. The SMILES string of the molecule is Cc1nc2c(OCc3c(F)cccc3F)cc(Cl)cn2c1C(=O)NCCNC(=O)O.O=C(O)C(F)(F)F. The van der Waals surface area contributed by atoms with Gasteiger partial charge in [0.1, 0.15) is 23.9 Å². The molecule has 2 aromatic heterocycles. The molecule has 10 nitrogen and oxygen atoms in total. The number of carbonyl (C=O) groups is 3. The molecule has 0 saturated heterocycles. The summed E-state index contributed by atoms with van der Waals surface area (Å²) in [5.41, 5.74) is 0.526. The normalized spacial score (nSPS) is 10.9. The number of aryl methyl sites for hydroxylation is 1. The molecule has 3 rings (SSSR count). The van der Waals surface area contributed by atoms with Crippen molar-refractivity contribution in [1.29, 1.82) is 0 Å². The maximum atomic E-state index is 13.9. The number of rotatable bonds is 7. The van der Waals surface area contributed by atoms with Gasteiger partial charge in [-0.3, -0.25) is 9.20 Å². The molecule has 1 aromatic carbocycles. The van der Waals surface area contributed by atoms with Gasteiger partial charge in [0.05, 0.1) is 16.3 Å². The summed E-state index contributed by atoms with van der Waals surface area (Å²) in [6, 6.07) is 4.93. The molecule has 0 radical (unpaired) electrons. The third-order valence-electron chi connectivity index (χ3n) is 4.41. The van der Waals surface area contributed by atoms with Crippen LogP contribution in [0.25, 0.3) is 5.65 Å². The third kappa shape index (κ3) is 7.93. The first kappa shape index (κ1) is 29.1. The zero-order valence-corrected chi connectivity index (χ0v) is 19.5. The smallest absolute Gasteiger partial charge is 0.485 e. The Morgan fingerprint density at radius 3 is 2.22 bits per heavy atom. The van der Waals surface area contributed by atoms with Gasteiger partial charge in [-0.15, -0.1) is 0 Å². The maximum absolute atomic E-state index is 13.9. The molecule has 3 aromatic rings. The zero-order valence-electron chi connectivity index (χ0n) is 18.7. The van der Waals surface area contributed by atoms with Crippen molar-refractivity contribution in [3.63, 3.8) is 0 Å². The quantitative estimate of drug-likeness (QED) is 0.258. The van der Waals surface area contributed by atoms with Crippen molar-refractivity contribution in [2.45, 2.75) is 19.7 Å². The number of nitrogens with one attached hydrogen (secondary N) is 2. The number of aromatic nitrogens is 2. The monoisotopic (exact) mass is 552 g/mol. The van der Waals surface area contributed by atoms with Crippen molar-refractivity contribution in [2.75, 3.05) is 13.1 Å². The van der Waals surface area contributed by atoms with Gasteiger partial charge in [-0.2, -0.15) is 13.2 Å². The number of carboxylic acids is 1. The van der Waals surface area contributed by atoms with Crippen molar-refractivity contribution in [2.24, 2.45) is 0 Å². The minimum absolute atomic E-state index is 0.0280. The van der Waals surface area contributed by atoms with Crippen LogP contribution in [0.4, 0.5) is 26.7 Å². The molecule has 0 spiro atoms. The van der Waals surface area contributed by atoms with E-state index in [-0.39, 0.29) is 40.8 Å². The number of hydrogen-bond donors (Lipinski definition) is 4. The Bertz CT molecular complexity index is 1290. The van der Waals surface area contributed by atoms with Crippen molar-refractivity contribution in [1.82, 2.24) is 20.0 Å². The Morgan fingerprint density at radius 2 is 1.68 bits per heavy atom. The zero-order chi connectivity index (χ0) is 27.9. The molecule has 16 heteroatoms. The van der Waals surface area contributed by atoms with Crippen LogP contribution < -0.4 is 15.4 Å². The highest BCUT2D eigenvalue weighted by Gasteiger charge is 2.38. The molecule has 0 atom stereocenters. The number of fused-ring (bicyclic) bond motifs is 1. The number of imidazole rings is 1. The van der Waals surface area contributed by atoms with E-state index in [4.69, 9.17) is 31.3 Å². The number of carboxylic acid groups (broad SMARTS) is 2. The Hall–Kier alpha value is -4.14. The molecule has 2 amide bonds. The first-order valence-electron chi connectivity index (χ1n) is 10.0. The van der Waals surface area contributed by atoms with E-state index in [0.717, 1.165) is 12.1 Å². The average Bonchev–Trinajstić information content (AvgIpc) is 3.11. The summed E-state index contributed by atoms with van der Waals surface area (Å²) in [7, 11) is 0. The van der Waals surface area contributed by atoms with Crippen LogP contribution in [-0.2, 0) is 11.4 Å². The lowest BCUT2D eigenvalue weighted by Crippen LogP contribution is -2.34. The Balaban J connectivity index is 0.000000604. The molecule has 200 valence electrons. The number of amides is 2. The van der Waals surface area contributed by atoms with Crippen LogP contribution in [0.15, 0.2) is 30.5 Å². The summed E-state index contributed by atoms with van der Waals surface area (Å²) in [5.74, 6) is -4.61. The predicted octanol–water partition coefficient (Wildman–Crippen LogP) is 3.78. The van der Waals surface area contributed by atoms with Crippen LogP contribution in [0, 0.1) is 18.6 Å². The first-order valence-corrected chi connectivity index (χ1v) is 10.4. The first-order chi connectivity index (χ1) is 17.2. The van der Waals surface area contributed by atoms with Gasteiger partial charge < -0.3 is 25.6 Å². The van der Waals surface area contributed by atoms with Gasteiger partial charge in [0.25, 0.3) is 5.91 Å². The van der Waals surface area contributed by atoms with Gasteiger partial charge in [-0.05, 0) is 19.1 Å². The van der Waals surface area contributed by atoms with Crippen LogP contribution in [-0.4, -0.2) is 56.8 Å². The molecule has 0 fully saturated rings. The number of carbonyl (C=O) groups excluding carboxylic acids is 1. The second-order valence-corrected chi connectivity index (χ2v) is 7.48. The summed E-state index contributed by atoms with van der Waals surface area (Å²) in [6.45, 7) is 1.29. The molecule has 0 unspecified atom stereocenters. The van der Waals surface area contributed by atoms with Gasteiger partial charge in [-0.1, -0.05) is 17.7 Å². The van der Waals surface area contributed by atoms with Crippen LogP contribution >= 0.6 is 11.6 Å². The van der Waals surface area contributed by atoms with Gasteiger partial charge in [-0.25, -0.2) is 23.4 Å². The Morgan fingerprint density at radius 1 is 1.11 bits per heavy atom. The van der Waals surface area contributed by atoms with E-state index < -0.39 is 42.4 Å². The number of ether oxygens (including phenoxy) is 1. The molecule has 0 aliphatic carbocycles. The topological polar surface area (TPSA) is 142 Å². The van der Waals surface area contributed by atoms with Crippen molar-refractivity contribution < 1.29 is 51.3 Å². The lowest BCUT2D eigenvalue weighted by molar-refractivity contribution is -0.192. The van der Waals surface area contributed by atoms with E-state index in [2.05, 4.69) is 15.6 Å². The minimum Gasteiger partial charge on any atom is -0.485 e. The van der Waals surface area contributed by atoms with Gasteiger partial charge in [0, 0.05) is 25.4 Å². The van der Waals surface area contributed by atoms with E-state index in [0.29, 0.717) is 5.69 Å². The second-order valence-electron chi connectivity index (χ2n) is 7.04. The van der Waals surface area contributed by atoms with E-state index >= 15 is 0 Å². The number of benzene rings is 1. The molecule has 2 heterocycles. The van der Waals surface area contributed by atoms with Gasteiger partial charge in [0.15, 0.2) is 11.4 Å². The van der Waals surface area contributed by atoms with E-state index in [1.54, 1.807) is 6.92 Å². The van der Waals surface area contributed by atoms with Crippen LogP contribution in [0.3, 0.4) is 0 Å². The molecule has 4 N–H and O–H groups in total. The van der Waals surface area contributed by atoms with Crippen LogP contribution in [0.1, 0.15) is 21.7 Å². The fourth-order valence-corrected chi connectivity index (χ4v) is 3.02. The predicted molar refractivity (Wildman–Crippen MR) is 118 cm³/mol. The summed E-state index contributed by atoms with van der Waals surface area (Å²) in [5, 5.41) is 20.6. The average molecular weight is 553 g/mol. The van der Waals surface area contributed by atoms with Crippen LogP contribution in [0.5, 0.6) is 5.75 Å². The Labute approximate surface area is 209 Å². The minimum atomic E-state index is -5.08. The van der Waals surface area contributed by atoms with E-state index in [9.17, 15) is 31.5 Å². The second kappa shape index (κ2) is 12.2. The van der Waals surface area contributed by atoms with E-state index in [1.165, 1.54) is 22.7 Å². The summed E-state index contributed by atoms with van der Waals surface area (Å²) in [6.07, 6.45) is -4.83. The molecule has 0 saturated carbocycles. The Kier molecular flexibility index (Phi) is 9.60. The van der Waals surface area contributed by atoms with Crippen molar-refractivity contribution >= 4 is 35.2 Å². The fraction of sp³-hybridized carbons (Fsp3) is 0.238. The number of alkyl halides is 3. The van der Waals surface area contributed by atoms with Crippen molar-refractivity contribution in [3.05, 3.63) is 64.1 Å². The lowest BCUT2D eigenvalue weighted by atomic mass is 10.2. The third-order valence-corrected chi connectivity index (χ3v) is 4.61. The van der Waals surface area contributed by atoms with Crippen LogP contribution in [0.2, 0.25) is 5.02 Å². The number of hydrogen-bond acceptors (Lipinski definition) is 5. The summed E-state index contributed by atoms with van der Waals surface area (Å²) < 4.78 is 66.4. The number of pyridine rings is 1. The molecular formula is C21H18ClF5N4O6. The molecule has 0 aliphatic heterocycles. The maximum Gasteiger partial charge on any atom is 0.490 e. The molecule has 0 aliphatic rings. The fourth-order valence-electron chi connectivity index (χ4n) is 2.83. The largest absolute Gasteiger partial charge is 0.490 e. The number of nitrogens with zero attached hydrogens (tertiary/aromatic N) is 2. The highest BCUT2D eigenvalue weighted by atomic mass is 35.5. The highest BCUT2D eigenvalue weighted by Crippen LogP contribution is 2.28.